The highest BCUT2D eigenvalue weighted by Gasteiger charge is 2.36. The molecule has 0 fully saturated rings. The topological polar surface area (TPSA) is 67.1 Å². The second kappa shape index (κ2) is 8.19. The van der Waals surface area contributed by atoms with Crippen LogP contribution in [0.4, 0.5) is 13.2 Å². The third kappa shape index (κ3) is 5.63. The van der Waals surface area contributed by atoms with E-state index in [1.165, 1.54) is 13.2 Å². The van der Waals surface area contributed by atoms with Crippen molar-refractivity contribution >= 4 is 17.6 Å². The number of hydrogen-bond acceptors (Lipinski definition) is 3. The summed E-state index contributed by atoms with van der Waals surface area (Å²) in [7, 11) is 3.00. The molecular formula is C15H18ClF3N6. The van der Waals surface area contributed by atoms with Crippen molar-refractivity contribution in [2.24, 2.45) is 12.0 Å². The normalized spacial score (nSPS) is 12.3. The molecule has 136 valence electrons. The molecule has 2 N–H and O–H groups in total. The van der Waals surface area contributed by atoms with E-state index in [-0.39, 0.29) is 12.1 Å². The molecule has 2 heterocycles. The zero-order chi connectivity index (χ0) is 18.4. The molecule has 10 heteroatoms. The van der Waals surface area contributed by atoms with E-state index in [1.54, 1.807) is 19.3 Å². The fourth-order valence-electron chi connectivity index (χ4n) is 2.18. The third-order valence-electron chi connectivity index (χ3n) is 3.34. The van der Waals surface area contributed by atoms with E-state index in [1.807, 2.05) is 6.07 Å². The fourth-order valence-corrected chi connectivity index (χ4v) is 2.30. The average Bonchev–Trinajstić information content (AvgIpc) is 2.93. The van der Waals surface area contributed by atoms with Gasteiger partial charge in [-0.3, -0.25) is 9.67 Å². The first-order valence-electron chi connectivity index (χ1n) is 7.44. The van der Waals surface area contributed by atoms with E-state index in [0.717, 1.165) is 10.2 Å². The highest BCUT2D eigenvalue weighted by atomic mass is 35.5. The third-order valence-corrected chi connectivity index (χ3v) is 3.56. The summed E-state index contributed by atoms with van der Waals surface area (Å²) < 4.78 is 39.9. The van der Waals surface area contributed by atoms with Gasteiger partial charge in [-0.15, -0.1) is 0 Å². The van der Waals surface area contributed by atoms with Gasteiger partial charge < -0.3 is 10.6 Å². The lowest BCUT2D eigenvalue weighted by molar-refractivity contribution is -0.142. The smallest absolute Gasteiger partial charge is 0.356 e. The Hall–Kier alpha value is -2.29. The van der Waals surface area contributed by atoms with Crippen LogP contribution in [0.1, 0.15) is 16.8 Å². The Balaban J connectivity index is 1.87. The van der Waals surface area contributed by atoms with Gasteiger partial charge in [0, 0.05) is 45.1 Å². The minimum Gasteiger partial charge on any atom is -0.356 e. The molecule has 2 aromatic heterocycles. The first-order valence-corrected chi connectivity index (χ1v) is 7.82. The summed E-state index contributed by atoms with van der Waals surface area (Å²) >= 11 is 5.72. The maximum Gasteiger partial charge on any atom is 0.435 e. The number of aryl methyl sites for hydroxylation is 1. The Morgan fingerprint density at radius 3 is 2.68 bits per heavy atom. The number of pyridine rings is 1. The molecule has 0 bridgehead atoms. The van der Waals surface area contributed by atoms with Crippen LogP contribution in [-0.4, -0.2) is 34.3 Å². The molecule has 0 saturated heterocycles. The van der Waals surface area contributed by atoms with E-state index in [0.29, 0.717) is 24.1 Å². The quantitative estimate of drug-likeness (QED) is 0.479. The lowest BCUT2D eigenvalue weighted by Gasteiger charge is -2.12. The number of aromatic nitrogens is 3. The van der Waals surface area contributed by atoms with Gasteiger partial charge in [-0.25, -0.2) is 4.98 Å². The van der Waals surface area contributed by atoms with Gasteiger partial charge in [-0.1, -0.05) is 17.7 Å². The summed E-state index contributed by atoms with van der Waals surface area (Å²) in [5.74, 6) is 0.402. The first-order chi connectivity index (χ1) is 11.8. The molecule has 0 unspecified atom stereocenters. The summed E-state index contributed by atoms with van der Waals surface area (Å²) in [5.41, 5.74) is 0.143. The summed E-state index contributed by atoms with van der Waals surface area (Å²) in [6.07, 6.45) is -0.809. The molecule has 0 radical (unpaired) electrons. The number of halogens is 4. The summed E-state index contributed by atoms with van der Waals surface area (Å²) in [6.45, 7) is 0.507. The molecule has 0 aliphatic heterocycles. The maximum absolute atomic E-state index is 12.9. The number of alkyl halides is 3. The molecule has 0 spiro atoms. The number of hydrogen-bond donors (Lipinski definition) is 2. The van der Waals surface area contributed by atoms with Crippen molar-refractivity contribution in [3.8, 4) is 0 Å². The van der Waals surface area contributed by atoms with Crippen molar-refractivity contribution in [2.75, 3.05) is 13.6 Å². The standard InChI is InChI=1S/C15H18ClF3N6/c1-20-14(21-6-5-10-3-4-12(16)22-7-10)23-8-11-9-25(2)24-13(11)15(17,18)19/h3-4,7,9H,5-6,8H2,1-2H3,(H2,20,21,23). The van der Waals surface area contributed by atoms with E-state index in [4.69, 9.17) is 11.6 Å². The van der Waals surface area contributed by atoms with E-state index >= 15 is 0 Å². The van der Waals surface area contributed by atoms with E-state index in [9.17, 15) is 13.2 Å². The fraction of sp³-hybridized carbons (Fsp3) is 0.400. The summed E-state index contributed by atoms with van der Waals surface area (Å²) in [6, 6.07) is 3.56. The lowest BCUT2D eigenvalue weighted by atomic mass is 10.2. The van der Waals surface area contributed by atoms with E-state index < -0.39 is 11.9 Å². The number of guanidine groups is 1. The second-order valence-electron chi connectivity index (χ2n) is 5.27. The zero-order valence-corrected chi connectivity index (χ0v) is 14.5. The van der Waals surface area contributed by atoms with Crippen LogP contribution >= 0.6 is 11.6 Å². The predicted octanol–water partition coefficient (Wildman–Crippen LogP) is 2.40. The van der Waals surface area contributed by atoms with Crippen molar-refractivity contribution in [3.63, 3.8) is 0 Å². The van der Waals surface area contributed by atoms with Crippen molar-refractivity contribution < 1.29 is 13.2 Å². The molecule has 0 amide bonds. The Morgan fingerprint density at radius 2 is 2.08 bits per heavy atom. The zero-order valence-electron chi connectivity index (χ0n) is 13.7. The molecule has 0 aliphatic rings. The Bertz CT molecular complexity index is 724. The minimum absolute atomic E-state index is 0.0368. The number of rotatable bonds is 5. The molecule has 6 nitrogen and oxygen atoms in total. The average molecular weight is 375 g/mol. The highest BCUT2D eigenvalue weighted by Crippen LogP contribution is 2.30. The summed E-state index contributed by atoms with van der Waals surface area (Å²) in [5, 5.41) is 9.78. The van der Waals surface area contributed by atoms with E-state index in [2.05, 4.69) is 25.7 Å². The van der Waals surface area contributed by atoms with Gasteiger partial charge in [-0.05, 0) is 18.1 Å². The number of aliphatic imine (C=N–C) groups is 1. The van der Waals surface area contributed by atoms with Crippen molar-refractivity contribution in [1.82, 2.24) is 25.4 Å². The minimum atomic E-state index is -4.49. The van der Waals surface area contributed by atoms with Crippen LogP contribution in [0.15, 0.2) is 29.5 Å². The molecule has 2 rings (SSSR count). The molecular weight excluding hydrogens is 357 g/mol. The Labute approximate surface area is 148 Å². The Morgan fingerprint density at radius 1 is 1.32 bits per heavy atom. The molecule has 25 heavy (non-hydrogen) atoms. The van der Waals surface area contributed by atoms with Gasteiger partial charge in [-0.2, -0.15) is 18.3 Å². The molecule has 0 atom stereocenters. The van der Waals surface area contributed by atoms with Gasteiger partial charge in [0.05, 0.1) is 0 Å². The Kier molecular flexibility index (Phi) is 6.24. The number of nitrogens with zero attached hydrogens (tertiary/aromatic N) is 4. The SMILES string of the molecule is CN=C(NCCc1ccc(Cl)nc1)NCc1cn(C)nc1C(F)(F)F. The molecule has 0 saturated carbocycles. The van der Waals surface area contributed by atoms with Crippen LogP contribution in [0.5, 0.6) is 0 Å². The van der Waals surface area contributed by atoms with Crippen molar-refractivity contribution in [1.29, 1.82) is 0 Å². The van der Waals surface area contributed by atoms with Gasteiger partial charge in [0.25, 0.3) is 0 Å². The van der Waals surface area contributed by atoms with Crippen LogP contribution in [0.3, 0.4) is 0 Å². The molecule has 0 aliphatic carbocycles. The van der Waals surface area contributed by atoms with Crippen molar-refractivity contribution in [2.45, 2.75) is 19.1 Å². The number of nitrogens with one attached hydrogen (secondary N) is 2. The van der Waals surface area contributed by atoms with Crippen molar-refractivity contribution in [3.05, 3.63) is 46.5 Å². The van der Waals surface area contributed by atoms with Crippen LogP contribution in [-0.2, 0) is 26.2 Å². The van der Waals surface area contributed by atoms with Gasteiger partial charge in [0.1, 0.15) is 5.15 Å². The van der Waals surface area contributed by atoms with Crippen LogP contribution in [0.25, 0.3) is 0 Å². The molecule has 0 aromatic carbocycles. The molecule has 2 aromatic rings. The van der Waals surface area contributed by atoms with Gasteiger partial charge >= 0.3 is 6.18 Å². The second-order valence-corrected chi connectivity index (χ2v) is 5.65. The largest absolute Gasteiger partial charge is 0.435 e. The maximum atomic E-state index is 12.9. The van der Waals surface area contributed by atoms with Gasteiger partial charge in [0.2, 0.25) is 0 Å². The van der Waals surface area contributed by atoms with Crippen LogP contribution < -0.4 is 10.6 Å². The first kappa shape index (κ1) is 19.0. The van der Waals surface area contributed by atoms with Gasteiger partial charge in [0.15, 0.2) is 11.7 Å². The monoisotopic (exact) mass is 374 g/mol. The van der Waals surface area contributed by atoms with Crippen LogP contribution in [0.2, 0.25) is 5.15 Å². The lowest BCUT2D eigenvalue weighted by Crippen LogP contribution is -2.38. The predicted molar refractivity (Wildman–Crippen MR) is 89.4 cm³/mol. The highest BCUT2D eigenvalue weighted by molar-refractivity contribution is 6.29. The summed E-state index contributed by atoms with van der Waals surface area (Å²) in [4.78, 5) is 7.98. The van der Waals surface area contributed by atoms with Crippen LogP contribution in [0, 0.1) is 0 Å².